The maximum absolute atomic E-state index is 10.8. The maximum atomic E-state index is 10.8. The highest BCUT2D eigenvalue weighted by Gasteiger charge is 2.43. The van der Waals surface area contributed by atoms with Gasteiger partial charge >= 0.3 is 0 Å². The van der Waals surface area contributed by atoms with Crippen molar-refractivity contribution >= 4 is 6.29 Å². The molecule has 0 amide bonds. The fraction of sp³-hybridized carbons (Fsp3) is 0.533. The molecule has 2 heteroatoms. The lowest BCUT2D eigenvalue weighted by Crippen LogP contribution is -2.51. The van der Waals surface area contributed by atoms with E-state index in [4.69, 9.17) is 0 Å². The summed E-state index contributed by atoms with van der Waals surface area (Å²) in [6, 6.07) is 11.8. The standard InChI is InChI=1S/C15H22NO/c1-13-8-9-15(10-11-17)16(13,2)12-14-6-4-3-5-7-14/h3-7,11,13,15H,8-10,12H2,1-2H3/q+1. The van der Waals surface area contributed by atoms with E-state index in [1.807, 2.05) is 0 Å². The zero-order chi connectivity index (χ0) is 12.3. The number of benzene rings is 1. The lowest BCUT2D eigenvalue weighted by Gasteiger charge is -2.40. The molecule has 1 aliphatic rings. The molecule has 2 rings (SSSR count). The molecule has 17 heavy (non-hydrogen) atoms. The Balaban J connectivity index is 2.17. The van der Waals surface area contributed by atoms with Gasteiger partial charge in [-0.25, -0.2) is 0 Å². The van der Waals surface area contributed by atoms with Crippen LogP contribution in [-0.4, -0.2) is 29.9 Å². The Labute approximate surface area is 104 Å². The molecule has 1 fully saturated rings. The van der Waals surface area contributed by atoms with Crippen molar-refractivity contribution in [2.24, 2.45) is 0 Å². The predicted molar refractivity (Wildman–Crippen MR) is 69.5 cm³/mol. The quantitative estimate of drug-likeness (QED) is 0.576. The average Bonchev–Trinajstić information content (AvgIpc) is 2.59. The summed E-state index contributed by atoms with van der Waals surface area (Å²) >= 11 is 0. The number of nitrogens with zero attached hydrogens (tertiary/aromatic N) is 1. The van der Waals surface area contributed by atoms with Gasteiger partial charge in [-0.1, -0.05) is 30.3 Å². The molecule has 0 aliphatic carbocycles. The van der Waals surface area contributed by atoms with E-state index in [0.29, 0.717) is 18.5 Å². The number of hydrogen-bond acceptors (Lipinski definition) is 1. The van der Waals surface area contributed by atoms with E-state index in [0.717, 1.165) is 17.3 Å². The molecule has 92 valence electrons. The molecule has 1 aliphatic heterocycles. The second-order valence-corrected chi connectivity index (χ2v) is 5.47. The summed E-state index contributed by atoms with van der Waals surface area (Å²) in [6.45, 7) is 3.36. The molecule has 0 N–H and O–H groups in total. The highest BCUT2D eigenvalue weighted by Crippen LogP contribution is 2.34. The van der Waals surface area contributed by atoms with Crippen molar-refractivity contribution in [3.63, 3.8) is 0 Å². The van der Waals surface area contributed by atoms with Gasteiger partial charge < -0.3 is 9.28 Å². The van der Waals surface area contributed by atoms with Crippen LogP contribution in [0.1, 0.15) is 31.7 Å². The number of likely N-dealkylation sites (tertiary alicyclic amines) is 1. The monoisotopic (exact) mass is 232 g/mol. The summed E-state index contributed by atoms with van der Waals surface area (Å²) in [5, 5.41) is 0. The number of carbonyl (C=O) groups is 1. The molecule has 1 aromatic rings. The van der Waals surface area contributed by atoms with Crippen molar-refractivity contribution < 1.29 is 9.28 Å². The van der Waals surface area contributed by atoms with E-state index in [2.05, 4.69) is 44.3 Å². The van der Waals surface area contributed by atoms with Crippen LogP contribution in [-0.2, 0) is 11.3 Å². The van der Waals surface area contributed by atoms with Gasteiger partial charge in [-0.3, -0.25) is 0 Å². The highest BCUT2D eigenvalue weighted by atomic mass is 16.1. The van der Waals surface area contributed by atoms with Gasteiger partial charge in [-0.15, -0.1) is 0 Å². The summed E-state index contributed by atoms with van der Waals surface area (Å²) in [6.07, 6.45) is 4.21. The molecular weight excluding hydrogens is 210 g/mol. The van der Waals surface area contributed by atoms with Crippen LogP contribution in [0.4, 0.5) is 0 Å². The van der Waals surface area contributed by atoms with Crippen LogP contribution < -0.4 is 0 Å². The summed E-state index contributed by atoms with van der Waals surface area (Å²) in [5.41, 5.74) is 1.37. The maximum Gasteiger partial charge on any atom is 0.125 e. The van der Waals surface area contributed by atoms with Gasteiger partial charge in [0.15, 0.2) is 0 Å². The third kappa shape index (κ3) is 2.42. The second kappa shape index (κ2) is 5.01. The minimum atomic E-state index is 0.503. The molecule has 3 atom stereocenters. The van der Waals surface area contributed by atoms with Crippen molar-refractivity contribution in [3.8, 4) is 0 Å². The van der Waals surface area contributed by atoms with Crippen molar-refractivity contribution in [1.82, 2.24) is 0 Å². The molecule has 1 saturated heterocycles. The third-order valence-electron chi connectivity index (χ3n) is 4.49. The van der Waals surface area contributed by atoms with Crippen LogP contribution in [0.15, 0.2) is 30.3 Å². The number of carbonyl (C=O) groups excluding carboxylic acids is 1. The number of aldehydes is 1. The van der Waals surface area contributed by atoms with Crippen molar-refractivity contribution in [2.45, 2.75) is 44.8 Å². The minimum absolute atomic E-state index is 0.503. The van der Waals surface area contributed by atoms with Crippen LogP contribution in [0.25, 0.3) is 0 Å². The number of quaternary nitrogens is 1. The number of hydrogen-bond donors (Lipinski definition) is 0. The third-order valence-corrected chi connectivity index (χ3v) is 4.49. The topological polar surface area (TPSA) is 17.1 Å². The van der Waals surface area contributed by atoms with E-state index >= 15 is 0 Å². The van der Waals surface area contributed by atoms with Gasteiger partial charge in [-0.05, 0) is 6.92 Å². The zero-order valence-corrected chi connectivity index (χ0v) is 10.8. The highest BCUT2D eigenvalue weighted by molar-refractivity contribution is 5.50. The van der Waals surface area contributed by atoms with Crippen LogP contribution in [0.5, 0.6) is 0 Å². The Morgan fingerprint density at radius 2 is 2.00 bits per heavy atom. The fourth-order valence-electron chi connectivity index (χ4n) is 3.11. The first kappa shape index (κ1) is 12.3. The largest absolute Gasteiger partial charge is 0.317 e. The van der Waals surface area contributed by atoms with Gasteiger partial charge in [-0.2, -0.15) is 0 Å². The van der Waals surface area contributed by atoms with Crippen LogP contribution in [0.2, 0.25) is 0 Å². The molecule has 2 nitrogen and oxygen atoms in total. The molecule has 0 aromatic heterocycles. The SMILES string of the molecule is CC1CCC(CC=O)[N+]1(C)Cc1ccccc1. The van der Waals surface area contributed by atoms with Gasteiger partial charge in [0.25, 0.3) is 0 Å². The first-order valence-electron chi connectivity index (χ1n) is 6.49. The molecule has 1 aromatic carbocycles. The first-order valence-corrected chi connectivity index (χ1v) is 6.49. The van der Waals surface area contributed by atoms with Crippen LogP contribution >= 0.6 is 0 Å². The Morgan fingerprint density at radius 1 is 1.29 bits per heavy atom. The molecule has 0 radical (unpaired) electrons. The average molecular weight is 232 g/mol. The summed E-state index contributed by atoms with van der Waals surface area (Å²) in [4.78, 5) is 10.8. The Bertz CT molecular complexity index is 376. The Morgan fingerprint density at radius 3 is 2.65 bits per heavy atom. The van der Waals surface area contributed by atoms with E-state index in [9.17, 15) is 4.79 Å². The van der Waals surface area contributed by atoms with Gasteiger partial charge in [0.2, 0.25) is 0 Å². The lowest BCUT2D eigenvalue weighted by atomic mass is 10.1. The second-order valence-electron chi connectivity index (χ2n) is 5.47. The minimum Gasteiger partial charge on any atom is -0.317 e. The van der Waals surface area contributed by atoms with Crippen molar-refractivity contribution in [1.29, 1.82) is 0 Å². The number of rotatable bonds is 4. The molecule has 1 heterocycles. The smallest absolute Gasteiger partial charge is 0.125 e. The molecule has 0 bridgehead atoms. The van der Waals surface area contributed by atoms with Crippen molar-refractivity contribution in [2.75, 3.05) is 7.05 Å². The first-order chi connectivity index (χ1) is 8.16. The van der Waals surface area contributed by atoms with Crippen LogP contribution in [0.3, 0.4) is 0 Å². The van der Waals surface area contributed by atoms with Crippen LogP contribution in [0, 0.1) is 0 Å². The molecular formula is C15H22NO+. The fourth-order valence-corrected chi connectivity index (χ4v) is 3.11. The van der Waals surface area contributed by atoms with E-state index in [1.165, 1.54) is 18.4 Å². The predicted octanol–water partition coefficient (Wildman–Crippen LogP) is 2.77. The van der Waals surface area contributed by atoms with E-state index in [1.54, 1.807) is 0 Å². The Kier molecular flexibility index (Phi) is 3.63. The zero-order valence-electron chi connectivity index (χ0n) is 10.8. The molecule has 0 spiro atoms. The Hall–Kier alpha value is -1.15. The van der Waals surface area contributed by atoms with Gasteiger partial charge in [0.1, 0.15) is 12.8 Å². The normalized spacial score (nSPS) is 32.6. The van der Waals surface area contributed by atoms with Crippen molar-refractivity contribution in [3.05, 3.63) is 35.9 Å². The molecule has 0 saturated carbocycles. The van der Waals surface area contributed by atoms with Gasteiger partial charge in [0, 0.05) is 18.4 Å². The van der Waals surface area contributed by atoms with Gasteiger partial charge in [0.05, 0.1) is 25.6 Å². The summed E-state index contributed by atoms with van der Waals surface area (Å²) < 4.78 is 1.02. The lowest BCUT2D eigenvalue weighted by molar-refractivity contribution is -0.953. The van der Waals surface area contributed by atoms with E-state index in [-0.39, 0.29) is 0 Å². The summed E-state index contributed by atoms with van der Waals surface area (Å²) in [5.74, 6) is 0. The van der Waals surface area contributed by atoms with E-state index < -0.39 is 0 Å². The summed E-state index contributed by atoms with van der Waals surface area (Å²) in [7, 11) is 2.30. The molecule has 3 unspecified atom stereocenters.